The van der Waals surface area contributed by atoms with Crippen LogP contribution in [0.5, 0.6) is 0 Å². The van der Waals surface area contributed by atoms with Crippen molar-refractivity contribution in [2.45, 2.75) is 27.7 Å². The van der Waals surface area contributed by atoms with E-state index in [9.17, 15) is 0 Å². The number of hydrogen-bond donors (Lipinski definition) is 0. The Morgan fingerprint density at radius 3 is 2.29 bits per heavy atom. The first-order valence-electron chi connectivity index (χ1n) is 6.78. The van der Waals surface area contributed by atoms with E-state index >= 15 is 0 Å². The van der Waals surface area contributed by atoms with Crippen molar-refractivity contribution in [3.05, 3.63) is 29.8 Å². The van der Waals surface area contributed by atoms with Crippen molar-refractivity contribution in [2.24, 2.45) is 23.2 Å². The van der Waals surface area contributed by atoms with E-state index in [1.54, 1.807) is 0 Å². The first-order valence-corrected chi connectivity index (χ1v) is 6.78. The van der Waals surface area contributed by atoms with Gasteiger partial charge in [-0.2, -0.15) is 0 Å². The number of fused-ring (bicyclic) bond motifs is 1. The lowest BCUT2D eigenvalue weighted by Gasteiger charge is -2.27. The first kappa shape index (κ1) is 11.1. The van der Waals surface area contributed by atoms with Crippen LogP contribution < -0.4 is 4.90 Å². The van der Waals surface area contributed by atoms with Crippen molar-refractivity contribution in [3.63, 3.8) is 0 Å². The molecule has 92 valence electrons. The van der Waals surface area contributed by atoms with E-state index in [0.717, 1.165) is 17.8 Å². The minimum atomic E-state index is 0.508. The SMILES string of the molecule is Cc1cccc(N2CC3C(C2)C3C(C)(C)C)c1. The van der Waals surface area contributed by atoms with Gasteiger partial charge >= 0.3 is 0 Å². The molecule has 0 amide bonds. The summed E-state index contributed by atoms with van der Waals surface area (Å²) < 4.78 is 0. The fourth-order valence-electron chi connectivity index (χ4n) is 3.85. The van der Waals surface area contributed by atoms with E-state index in [1.807, 2.05) is 0 Å². The van der Waals surface area contributed by atoms with Gasteiger partial charge in [0.2, 0.25) is 0 Å². The maximum absolute atomic E-state index is 2.57. The van der Waals surface area contributed by atoms with Crippen LogP contribution in [0.1, 0.15) is 26.3 Å². The number of piperidine rings is 1. The molecule has 0 aromatic heterocycles. The molecule has 2 atom stereocenters. The molecule has 1 aromatic carbocycles. The lowest BCUT2D eigenvalue weighted by Crippen LogP contribution is -2.27. The number of aryl methyl sites for hydroxylation is 1. The third-order valence-electron chi connectivity index (χ3n) is 4.56. The summed E-state index contributed by atoms with van der Waals surface area (Å²) in [6.45, 7) is 11.9. The minimum absolute atomic E-state index is 0.508. The highest BCUT2D eigenvalue weighted by molar-refractivity contribution is 5.50. The van der Waals surface area contributed by atoms with Gasteiger partial charge in [-0.3, -0.25) is 0 Å². The Balaban J connectivity index is 1.70. The monoisotopic (exact) mass is 229 g/mol. The summed E-state index contributed by atoms with van der Waals surface area (Å²) in [5, 5.41) is 0. The van der Waals surface area contributed by atoms with Crippen LogP contribution in [0.25, 0.3) is 0 Å². The van der Waals surface area contributed by atoms with Crippen molar-refractivity contribution in [2.75, 3.05) is 18.0 Å². The van der Waals surface area contributed by atoms with Gasteiger partial charge in [-0.1, -0.05) is 32.9 Å². The van der Waals surface area contributed by atoms with Crippen molar-refractivity contribution in [1.29, 1.82) is 0 Å². The van der Waals surface area contributed by atoms with Gasteiger partial charge < -0.3 is 4.90 Å². The zero-order chi connectivity index (χ0) is 12.2. The molecule has 1 aliphatic carbocycles. The molecule has 0 bridgehead atoms. The van der Waals surface area contributed by atoms with E-state index in [1.165, 1.54) is 24.3 Å². The largest absolute Gasteiger partial charge is 0.371 e. The number of nitrogens with zero attached hydrogens (tertiary/aromatic N) is 1. The van der Waals surface area contributed by atoms with Gasteiger partial charge in [0.05, 0.1) is 0 Å². The van der Waals surface area contributed by atoms with E-state index in [-0.39, 0.29) is 0 Å². The third-order valence-corrected chi connectivity index (χ3v) is 4.56. The number of anilines is 1. The molecule has 0 spiro atoms. The van der Waals surface area contributed by atoms with Crippen LogP contribution in [0.4, 0.5) is 5.69 Å². The molecule has 1 saturated carbocycles. The van der Waals surface area contributed by atoms with Gasteiger partial charge in [0.1, 0.15) is 0 Å². The zero-order valence-electron chi connectivity index (χ0n) is 11.4. The molecule has 1 heterocycles. The number of benzene rings is 1. The fourth-order valence-corrected chi connectivity index (χ4v) is 3.85. The zero-order valence-corrected chi connectivity index (χ0v) is 11.4. The van der Waals surface area contributed by atoms with Gasteiger partial charge in [0.15, 0.2) is 0 Å². The van der Waals surface area contributed by atoms with Crippen LogP contribution >= 0.6 is 0 Å². The lowest BCUT2D eigenvalue weighted by atomic mass is 9.87. The predicted molar refractivity (Wildman–Crippen MR) is 73.3 cm³/mol. The summed E-state index contributed by atoms with van der Waals surface area (Å²) in [6.07, 6.45) is 0. The van der Waals surface area contributed by atoms with Gasteiger partial charge in [0, 0.05) is 18.8 Å². The third kappa shape index (κ3) is 1.86. The Morgan fingerprint density at radius 2 is 1.76 bits per heavy atom. The Bertz CT molecular complexity index is 417. The molecular weight excluding hydrogens is 206 g/mol. The van der Waals surface area contributed by atoms with Gasteiger partial charge in [-0.25, -0.2) is 0 Å². The summed E-state index contributed by atoms with van der Waals surface area (Å²) in [5.74, 6) is 2.87. The summed E-state index contributed by atoms with van der Waals surface area (Å²) in [4.78, 5) is 2.57. The molecule has 1 nitrogen and oxygen atoms in total. The Morgan fingerprint density at radius 1 is 1.12 bits per heavy atom. The highest BCUT2D eigenvalue weighted by atomic mass is 15.2. The Kier molecular flexibility index (Phi) is 2.30. The lowest BCUT2D eigenvalue weighted by molar-refractivity contribution is 0.309. The van der Waals surface area contributed by atoms with Crippen LogP contribution in [0, 0.1) is 30.1 Å². The fraction of sp³-hybridized carbons (Fsp3) is 0.625. The number of rotatable bonds is 1. The van der Waals surface area contributed by atoms with E-state index < -0.39 is 0 Å². The summed E-state index contributed by atoms with van der Waals surface area (Å²) >= 11 is 0. The Labute approximate surface area is 105 Å². The predicted octanol–water partition coefficient (Wildman–Crippen LogP) is 3.72. The molecule has 3 rings (SSSR count). The van der Waals surface area contributed by atoms with Gasteiger partial charge in [-0.05, 0) is 47.8 Å². The molecule has 2 fully saturated rings. The molecule has 17 heavy (non-hydrogen) atoms. The van der Waals surface area contributed by atoms with Crippen molar-refractivity contribution in [3.8, 4) is 0 Å². The van der Waals surface area contributed by atoms with Crippen LogP contribution in [0.15, 0.2) is 24.3 Å². The maximum atomic E-state index is 2.57. The minimum Gasteiger partial charge on any atom is -0.371 e. The molecule has 2 aliphatic rings. The molecule has 1 aliphatic heterocycles. The normalized spacial score (nSPS) is 31.5. The smallest absolute Gasteiger partial charge is 0.0369 e. The van der Waals surface area contributed by atoms with Gasteiger partial charge in [0.25, 0.3) is 0 Å². The second-order valence-electron chi connectivity index (χ2n) is 6.96. The van der Waals surface area contributed by atoms with Crippen LogP contribution in [-0.2, 0) is 0 Å². The molecule has 0 N–H and O–H groups in total. The topological polar surface area (TPSA) is 3.24 Å². The van der Waals surface area contributed by atoms with E-state index in [0.29, 0.717) is 5.41 Å². The maximum Gasteiger partial charge on any atom is 0.0369 e. The molecular formula is C16H23N. The van der Waals surface area contributed by atoms with Crippen molar-refractivity contribution >= 4 is 5.69 Å². The van der Waals surface area contributed by atoms with Crippen LogP contribution in [0.3, 0.4) is 0 Å². The van der Waals surface area contributed by atoms with E-state index in [2.05, 4.69) is 56.9 Å². The van der Waals surface area contributed by atoms with Gasteiger partial charge in [-0.15, -0.1) is 0 Å². The summed E-state index contributed by atoms with van der Waals surface area (Å²) in [7, 11) is 0. The summed E-state index contributed by atoms with van der Waals surface area (Å²) in [5.41, 5.74) is 3.30. The van der Waals surface area contributed by atoms with Crippen LogP contribution in [-0.4, -0.2) is 13.1 Å². The molecule has 2 unspecified atom stereocenters. The molecule has 1 aromatic rings. The quantitative estimate of drug-likeness (QED) is 0.709. The average molecular weight is 229 g/mol. The van der Waals surface area contributed by atoms with Crippen LogP contribution in [0.2, 0.25) is 0 Å². The second-order valence-corrected chi connectivity index (χ2v) is 6.96. The molecule has 0 radical (unpaired) electrons. The Hall–Kier alpha value is -0.980. The highest BCUT2D eigenvalue weighted by Crippen LogP contribution is 2.60. The highest BCUT2D eigenvalue weighted by Gasteiger charge is 2.59. The number of hydrogen-bond acceptors (Lipinski definition) is 1. The van der Waals surface area contributed by atoms with Crippen molar-refractivity contribution < 1.29 is 0 Å². The first-order chi connectivity index (χ1) is 7.97. The molecule has 1 saturated heterocycles. The standard InChI is InChI=1S/C16H23N/c1-11-6-5-7-12(8-11)17-9-13-14(10-17)15(13)16(2,3)4/h5-8,13-15H,9-10H2,1-4H3. The molecule has 1 heteroatoms. The van der Waals surface area contributed by atoms with E-state index in [4.69, 9.17) is 0 Å². The second kappa shape index (κ2) is 3.51. The summed E-state index contributed by atoms with van der Waals surface area (Å²) in [6, 6.07) is 8.93. The van der Waals surface area contributed by atoms with Crippen molar-refractivity contribution in [1.82, 2.24) is 0 Å². The average Bonchev–Trinajstić information content (AvgIpc) is 2.77.